The average molecular weight is 413 g/mol. The predicted octanol–water partition coefficient (Wildman–Crippen LogP) is 2.63. The van der Waals surface area contributed by atoms with Gasteiger partial charge < -0.3 is 5.32 Å². The molecule has 29 heavy (non-hydrogen) atoms. The summed E-state index contributed by atoms with van der Waals surface area (Å²) >= 11 is 0. The molecule has 7 nitrogen and oxygen atoms in total. The molecular formula is C21H24N4O3S. The van der Waals surface area contributed by atoms with Crippen molar-refractivity contribution in [3.05, 3.63) is 83.7 Å². The molecule has 3 rings (SSSR count). The van der Waals surface area contributed by atoms with Crippen LogP contribution in [0.1, 0.15) is 35.5 Å². The van der Waals surface area contributed by atoms with E-state index in [1.165, 1.54) is 0 Å². The quantitative estimate of drug-likeness (QED) is 0.595. The van der Waals surface area contributed by atoms with Crippen LogP contribution in [0.25, 0.3) is 5.69 Å². The number of rotatable bonds is 8. The van der Waals surface area contributed by atoms with Crippen molar-refractivity contribution in [3.63, 3.8) is 0 Å². The number of nitrogens with one attached hydrogen (secondary N) is 2. The Morgan fingerprint density at radius 3 is 2.31 bits per heavy atom. The Balaban J connectivity index is 1.56. The summed E-state index contributed by atoms with van der Waals surface area (Å²) in [5, 5.41) is 7.13. The fourth-order valence-electron chi connectivity index (χ4n) is 2.82. The molecule has 0 saturated heterocycles. The van der Waals surface area contributed by atoms with Crippen LogP contribution in [0.15, 0.2) is 66.9 Å². The fourth-order valence-corrected chi connectivity index (χ4v) is 4.25. The lowest BCUT2D eigenvalue weighted by molar-refractivity contribution is 0.0945. The summed E-state index contributed by atoms with van der Waals surface area (Å²) in [4.78, 5) is 12.3. The highest BCUT2D eigenvalue weighted by Gasteiger charge is 2.13. The van der Waals surface area contributed by atoms with Crippen molar-refractivity contribution in [2.24, 2.45) is 0 Å². The van der Waals surface area contributed by atoms with E-state index in [-0.39, 0.29) is 17.7 Å². The number of amides is 1. The lowest BCUT2D eigenvalue weighted by Gasteiger charge is -2.10. The highest BCUT2D eigenvalue weighted by Crippen LogP contribution is 2.10. The van der Waals surface area contributed by atoms with E-state index in [9.17, 15) is 13.2 Å². The Bertz CT molecular complexity index is 1060. The van der Waals surface area contributed by atoms with Crippen molar-refractivity contribution in [1.29, 1.82) is 0 Å². The highest BCUT2D eigenvalue weighted by atomic mass is 32.2. The first kappa shape index (κ1) is 20.8. The standard InChI is InChI=1S/C21H24N4O3S/c1-16(2)24-29(27,28)15-18-10-8-17(9-11-18)14-22-21(26)20-12-13-25(23-20)19-6-4-3-5-7-19/h3-13,16,24H,14-15H2,1-2H3,(H,22,26). The number of aromatic nitrogens is 2. The van der Waals surface area contributed by atoms with E-state index >= 15 is 0 Å². The second kappa shape index (κ2) is 9.02. The van der Waals surface area contributed by atoms with Crippen LogP contribution in [-0.2, 0) is 22.3 Å². The molecule has 0 spiro atoms. The number of carbonyl (C=O) groups is 1. The van der Waals surface area contributed by atoms with Crippen molar-refractivity contribution in [3.8, 4) is 5.69 Å². The van der Waals surface area contributed by atoms with E-state index in [0.29, 0.717) is 17.8 Å². The van der Waals surface area contributed by atoms with E-state index < -0.39 is 10.0 Å². The van der Waals surface area contributed by atoms with Crippen LogP contribution >= 0.6 is 0 Å². The Morgan fingerprint density at radius 2 is 1.66 bits per heavy atom. The lowest BCUT2D eigenvalue weighted by Crippen LogP contribution is -2.31. The largest absolute Gasteiger partial charge is 0.347 e. The van der Waals surface area contributed by atoms with Gasteiger partial charge >= 0.3 is 0 Å². The van der Waals surface area contributed by atoms with Crippen molar-refractivity contribution in [2.75, 3.05) is 0 Å². The first-order chi connectivity index (χ1) is 13.8. The molecular weight excluding hydrogens is 388 g/mol. The molecule has 2 N–H and O–H groups in total. The number of carbonyl (C=O) groups excluding carboxylic acids is 1. The molecule has 0 aliphatic heterocycles. The van der Waals surface area contributed by atoms with Gasteiger partial charge in [0.15, 0.2) is 5.69 Å². The average Bonchev–Trinajstić information content (AvgIpc) is 3.17. The van der Waals surface area contributed by atoms with Gasteiger partial charge in [-0.1, -0.05) is 42.5 Å². The van der Waals surface area contributed by atoms with E-state index in [4.69, 9.17) is 0 Å². The van der Waals surface area contributed by atoms with Gasteiger partial charge in [-0.2, -0.15) is 5.10 Å². The number of benzene rings is 2. The third-order valence-corrected chi connectivity index (χ3v) is 5.63. The summed E-state index contributed by atoms with van der Waals surface area (Å²) in [7, 11) is -3.36. The Kier molecular flexibility index (Phi) is 6.46. The van der Waals surface area contributed by atoms with E-state index in [1.807, 2.05) is 42.5 Å². The van der Waals surface area contributed by atoms with Crippen LogP contribution in [0.4, 0.5) is 0 Å². The zero-order chi connectivity index (χ0) is 20.9. The van der Waals surface area contributed by atoms with Gasteiger partial charge in [-0.15, -0.1) is 0 Å². The molecule has 1 heterocycles. The molecule has 152 valence electrons. The van der Waals surface area contributed by atoms with Gasteiger partial charge in [-0.3, -0.25) is 4.79 Å². The number of sulfonamides is 1. The smallest absolute Gasteiger partial charge is 0.272 e. The van der Waals surface area contributed by atoms with E-state index in [1.54, 1.807) is 42.9 Å². The van der Waals surface area contributed by atoms with Gasteiger partial charge in [0.25, 0.3) is 5.91 Å². The monoisotopic (exact) mass is 412 g/mol. The third-order valence-electron chi connectivity index (χ3n) is 4.09. The number of nitrogens with zero attached hydrogens (tertiary/aromatic N) is 2. The van der Waals surface area contributed by atoms with Gasteiger partial charge in [-0.25, -0.2) is 17.8 Å². The summed E-state index contributed by atoms with van der Waals surface area (Å²) in [6.07, 6.45) is 1.74. The third kappa shape index (κ3) is 6.00. The maximum atomic E-state index is 12.3. The maximum absolute atomic E-state index is 12.3. The molecule has 8 heteroatoms. The van der Waals surface area contributed by atoms with Crippen LogP contribution in [0.5, 0.6) is 0 Å². The summed E-state index contributed by atoms with van der Waals surface area (Å²) in [6.45, 7) is 3.90. The first-order valence-electron chi connectivity index (χ1n) is 9.29. The molecule has 0 atom stereocenters. The fraction of sp³-hybridized carbons (Fsp3) is 0.238. The number of para-hydroxylation sites is 1. The predicted molar refractivity (Wildman–Crippen MR) is 112 cm³/mol. The zero-order valence-corrected chi connectivity index (χ0v) is 17.2. The van der Waals surface area contributed by atoms with Gasteiger partial charge in [-0.05, 0) is 43.2 Å². The van der Waals surface area contributed by atoms with E-state index in [0.717, 1.165) is 11.3 Å². The van der Waals surface area contributed by atoms with Crippen LogP contribution in [0.2, 0.25) is 0 Å². The molecule has 1 amide bonds. The normalized spacial score (nSPS) is 11.6. The first-order valence-corrected chi connectivity index (χ1v) is 10.9. The van der Waals surface area contributed by atoms with Crippen LogP contribution < -0.4 is 10.0 Å². The van der Waals surface area contributed by atoms with Crippen LogP contribution in [0.3, 0.4) is 0 Å². The van der Waals surface area contributed by atoms with Crippen molar-refractivity contribution < 1.29 is 13.2 Å². The van der Waals surface area contributed by atoms with Gasteiger partial charge in [0.1, 0.15) is 0 Å². The summed E-state index contributed by atoms with van der Waals surface area (Å²) in [5.41, 5.74) is 2.77. The van der Waals surface area contributed by atoms with E-state index in [2.05, 4.69) is 15.1 Å². The topological polar surface area (TPSA) is 93.1 Å². The second-order valence-corrected chi connectivity index (χ2v) is 8.77. The molecule has 0 bridgehead atoms. The number of hydrogen-bond donors (Lipinski definition) is 2. The Morgan fingerprint density at radius 1 is 1.00 bits per heavy atom. The molecule has 3 aromatic rings. The molecule has 0 fully saturated rings. The minimum absolute atomic E-state index is 0.0747. The molecule has 0 radical (unpaired) electrons. The summed E-state index contributed by atoms with van der Waals surface area (Å²) in [6, 6.07) is 18.2. The Hall–Kier alpha value is -2.97. The van der Waals surface area contributed by atoms with Gasteiger partial charge in [0.05, 0.1) is 11.4 Å². The van der Waals surface area contributed by atoms with Crippen molar-refractivity contribution in [2.45, 2.75) is 32.2 Å². The molecule has 1 aromatic heterocycles. The van der Waals surface area contributed by atoms with Crippen LogP contribution in [0, 0.1) is 0 Å². The van der Waals surface area contributed by atoms with Crippen molar-refractivity contribution in [1.82, 2.24) is 19.8 Å². The second-order valence-electron chi connectivity index (χ2n) is 7.01. The minimum Gasteiger partial charge on any atom is -0.347 e. The molecule has 0 saturated carbocycles. The summed E-state index contributed by atoms with van der Waals surface area (Å²) < 4.78 is 28.2. The van der Waals surface area contributed by atoms with Crippen molar-refractivity contribution >= 4 is 15.9 Å². The number of hydrogen-bond acceptors (Lipinski definition) is 4. The summed E-state index contributed by atoms with van der Waals surface area (Å²) in [5.74, 6) is -0.346. The zero-order valence-electron chi connectivity index (χ0n) is 16.4. The minimum atomic E-state index is -3.36. The highest BCUT2D eigenvalue weighted by molar-refractivity contribution is 7.88. The molecule has 0 aliphatic rings. The lowest BCUT2D eigenvalue weighted by atomic mass is 10.1. The SMILES string of the molecule is CC(C)NS(=O)(=O)Cc1ccc(CNC(=O)c2ccn(-c3ccccc3)n2)cc1. The molecule has 2 aromatic carbocycles. The van der Waals surface area contributed by atoms with Gasteiger partial charge in [0.2, 0.25) is 10.0 Å². The molecule has 0 aliphatic carbocycles. The maximum Gasteiger partial charge on any atom is 0.272 e. The van der Waals surface area contributed by atoms with Gasteiger partial charge in [0, 0.05) is 18.8 Å². The Labute approximate surface area is 170 Å². The van der Waals surface area contributed by atoms with Crippen LogP contribution in [-0.4, -0.2) is 30.1 Å². The molecule has 0 unspecified atom stereocenters.